The molecule has 2 aromatic rings. The maximum Gasteiger partial charge on any atom is 0.200 e. The van der Waals surface area contributed by atoms with Crippen LogP contribution in [0.15, 0.2) is 36.4 Å². The molecular formula is C17H20O3. The predicted octanol–water partition coefficient (Wildman–Crippen LogP) is 4.20. The highest BCUT2D eigenvalue weighted by molar-refractivity contribution is 5.75. The number of aromatic hydroxyl groups is 3. The molecule has 0 atom stereocenters. The molecule has 0 heterocycles. The first-order valence-corrected chi connectivity index (χ1v) is 6.96. The molecule has 0 aromatic heterocycles. The van der Waals surface area contributed by atoms with E-state index in [1.807, 2.05) is 24.3 Å². The van der Waals surface area contributed by atoms with Gasteiger partial charge >= 0.3 is 0 Å². The fourth-order valence-electron chi connectivity index (χ4n) is 2.23. The Balaban J connectivity index is 2.20. The zero-order valence-electron chi connectivity index (χ0n) is 11.6. The molecule has 0 bridgehead atoms. The molecule has 0 aliphatic carbocycles. The minimum Gasteiger partial charge on any atom is -0.504 e. The third kappa shape index (κ3) is 3.05. The molecule has 106 valence electrons. The van der Waals surface area contributed by atoms with Crippen LogP contribution in [0.3, 0.4) is 0 Å². The van der Waals surface area contributed by atoms with E-state index in [1.54, 1.807) is 6.07 Å². The maximum absolute atomic E-state index is 9.86. The first kappa shape index (κ1) is 14.3. The summed E-state index contributed by atoms with van der Waals surface area (Å²) >= 11 is 0. The molecule has 0 spiro atoms. The van der Waals surface area contributed by atoms with Crippen LogP contribution in [0, 0.1) is 0 Å². The number of hydrogen-bond donors (Lipinski definition) is 3. The molecule has 0 unspecified atom stereocenters. The van der Waals surface area contributed by atoms with E-state index in [9.17, 15) is 15.3 Å². The molecule has 0 fully saturated rings. The lowest BCUT2D eigenvalue weighted by molar-refractivity contribution is 0.369. The van der Waals surface area contributed by atoms with Crippen molar-refractivity contribution in [3.63, 3.8) is 0 Å². The minimum absolute atomic E-state index is 0.288. The van der Waals surface area contributed by atoms with Gasteiger partial charge in [-0.05, 0) is 36.1 Å². The zero-order chi connectivity index (χ0) is 14.5. The monoisotopic (exact) mass is 272 g/mol. The van der Waals surface area contributed by atoms with Crippen molar-refractivity contribution in [1.82, 2.24) is 0 Å². The van der Waals surface area contributed by atoms with Crippen molar-refractivity contribution in [2.75, 3.05) is 0 Å². The first-order valence-electron chi connectivity index (χ1n) is 6.96. The van der Waals surface area contributed by atoms with E-state index in [-0.39, 0.29) is 11.5 Å². The quantitative estimate of drug-likeness (QED) is 0.564. The number of rotatable bonds is 5. The normalized spacial score (nSPS) is 10.7. The van der Waals surface area contributed by atoms with E-state index in [0.29, 0.717) is 5.56 Å². The van der Waals surface area contributed by atoms with E-state index in [1.165, 1.54) is 30.9 Å². The van der Waals surface area contributed by atoms with E-state index in [4.69, 9.17) is 0 Å². The number of aryl methyl sites for hydroxylation is 1. The van der Waals surface area contributed by atoms with Gasteiger partial charge in [0.2, 0.25) is 5.75 Å². The molecule has 2 rings (SSSR count). The average Bonchev–Trinajstić information content (AvgIpc) is 2.46. The molecule has 2 aromatic carbocycles. The number of benzene rings is 2. The van der Waals surface area contributed by atoms with E-state index in [2.05, 4.69) is 6.92 Å². The average molecular weight is 272 g/mol. The number of phenolic OH excluding ortho intramolecular Hbond substituents is 3. The Morgan fingerprint density at radius 3 is 2.15 bits per heavy atom. The molecule has 0 aliphatic heterocycles. The van der Waals surface area contributed by atoms with E-state index >= 15 is 0 Å². The molecule has 3 heteroatoms. The number of hydrogen-bond acceptors (Lipinski definition) is 3. The van der Waals surface area contributed by atoms with Crippen molar-refractivity contribution < 1.29 is 15.3 Å². The lowest BCUT2D eigenvalue weighted by Crippen LogP contribution is -1.86. The summed E-state index contributed by atoms with van der Waals surface area (Å²) in [6, 6.07) is 10.9. The molecule has 0 aliphatic rings. The number of unbranched alkanes of at least 4 members (excludes halogenated alkanes) is 2. The fraction of sp³-hybridized carbons (Fsp3) is 0.294. The van der Waals surface area contributed by atoms with Gasteiger partial charge in [0.1, 0.15) is 0 Å². The van der Waals surface area contributed by atoms with Crippen molar-refractivity contribution in [2.24, 2.45) is 0 Å². The van der Waals surface area contributed by atoms with Gasteiger partial charge in [0.15, 0.2) is 11.5 Å². The summed E-state index contributed by atoms with van der Waals surface area (Å²) in [5.41, 5.74) is 2.60. The summed E-state index contributed by atoms with van der Waals surface area (Å²) in [5.74, 6) is -1.08. The van der Waals surface area contributed by atoms with Gasteiger partial charge in [0, 0.05) is 5.56 Å². The van der Waals surface area contributed by atoms with Crippen LogP contribution in [0.2, 0.25) is 0 Å². The first-order chi connectivity index (χ1) is 9.63. The van der Waals surface area contributed by atoms with Crippen LogP contribution in [-0.2, 0) is 6.42 Å². The van der Waals surface area contributed by atoms with Gasteiger partial charge in [-0.1, -0.05) is 44.0 Å². The second-order valence-corrected chi connectivity index (χ2v) is 4.98. The van der Waals surface area contributed by atoms with Crippen molar-refractivity contribution >= 4 is 0 Å². The van der Waals surface area contributed by atoms with Crippen molar-refractivity contribution in [3.05, 3.63) is 42.0 Å². The van der Waals surface area contributed by atoms with Crippen LogP contribution < -0.4 is 0 Å². The molecule has 20 heavy (non-hydrogen) atoms. The van der Waals surface area contributed by atoms with Crippen LogP contribution in [0.1, 0.15) is 31.7 Å². The smallest absolute Gasteiger partial charge is 0.200 e. The fourth-order valence-corrected chi connectivity index (χ4v) is 2.23. The Kier molecular flexibility index (Phi) is 4.51. The predicted molar refractivity (Wildman–Crippen MR) is 80.1 cm³/mol. The van der Waals surface area contributed by atoms with E-state index in [0.717, 1.165) is 12.0 Å². The van der Waals surface area contributed by atoms with Crippen molar-refractivity contribution in [2.45, 2.75) is 32.6 Å². The molecule has 0 saturated carbocycles. The van der Waals surface area contributed by atoms with Gasteiger partial charge in [-0.15, -0.1) is 0 Å². The van der Waals surface area contributed by atoms with Crippen LogP contribution in [-0.4, -0.2) is 15.3 Å². The Labute approximate surface area is 119 Å². The highest BCUT2D eigenvalue weighted by atomic mass is 16.3. The van der Waals surface area contributed by atoms with Crippen LogP contribution >= 0.6 is 0 Å². The van der Waals surface area contributed by atoms with Gasteiger partial charge in [-0.3, -0.25) is 0 Å². The lowest BCUT2D eigenvalue weighted by Gasteiger charge is -2.08. The second-order valence-electron chi connectivity index (χ2n) is 4.98. The third-order valence-electron chi connectivity index (χ3n) is 3.46. The molecular weight excluding hydrogens is 252 g/mol. The molecule has 0 amide bonds. The molecule has 0 radical (unpaired) electrons. The Morgan fingerprint density at radius 1 is 0.800 bits per heavy atom. The summed E-state index contributed by atoms with van der Waals surface area (Å²) in [7, 11) is 0. The number of phenols is 3. The third-order valence-corrected chi connectivity index (χ3v) is 3.46. The maximum atomic E-state index is 9.86. The van der Waals surface area contributed by atoms with Gasteiger partial charge < -0.3 is 15.3 Å². The zero-order valence-corrected chi connectivity index (χ0v) is 11.6. The minimum atomic E-state index is -0.477. The van der Waals surface area contributed by atoms with Gasteiger partial charge in [-0.2, -0.15) is 0 Å². The highest BCUT2D eigenvalue weighted by Crippen LogP contribution is 2.41. The summed E-state index contributed by atoms with van der Waals surface area (Å²) in [5, 5.41) is 28.7. The van der Waals surface area contributed by atoms with Crippen LogP contribution in [0.25, 0.3) is 11.1 Å². The summed E-state index contributed by atoms with van der Waals surface area (Å²) in [6.07, 6.45) is 4.68. The Bertz CT molecular complexity index is 574. The highest BCUT2D eigenvalue weighted by Gasteiger charge is 2.12. The van der Waals surface area contributed by atoms with Gasteiger partial charge in [-0.25, -0.2) is 0 Å². The lowest BCUT2D eigenvalue weighted by atomic mass is 10.00. The molecule has 3 N–H and O–H groups in total. The standard InChI is InChI=1S/C17H20O3/c1-2-3-4-5-12-6-8-13(9-7-12)14-10-11-15(18)17(20)16(14)19/h6-11,18-20H,2-5H2,1H3. The van der Waals surface area contributed by atoms with E-state index < -0.39 is 5.75 Å². The van der Waals surface area contributed by atoms with Gasteiger partial charge in [0.25, 0.3) is 0 Å². The SMILES string of the molecule is CCCCCc1ccc(-c2ccc(O)c(O)c2O)cc1. The second kappa shape index (κ2) is 6.33. The summed E-state index contributed by atoms with van der Waals surface area (Å²) in [4.78, 5) is 0. The Morgan fingerprint density at radius 2 is 1.50 bits per heavy atom. The topological polar surface area (TPSA) is 60.7 Å². The van der Waals surface area contributed by atoms with Crippen LogP contribution in [0.5, 0.6) is 17.2 Å². The molecule has 3 nitrogen and oxygen atoms in total. The largest absolute Gasteiger partial charge is 0.504 e. The molecule has 0 saturated heterocycles. The van der Waals surface area contributed by atoms with Gasteiger partial charge in [0.05, 0.1) is 0 Å². The van der Waals surface area contributed by atoms with Crippen molar-refractivity contribution in [3.8, 4) is 28.4 Å². The summed E-state index contributed by atoms with van der Waals surface area (Å²) in [6.45, 7) is 2.18. The Hall–Kier alpha value is -2.16. The summed E-state index contributed by atoms with van der Waals surface area (Å²) < 4.78 is 0. The van der Waals surface area contributed by atoms with Crippen molar-refractivity contribution in [1.29, 1.82) is 0 Å². The van der Waals surface area contributed by atoms with Crippen LogP contribution in [0.4, 0.5) is 0 Å².